The molecule has 2 fully saturated rings. The Kier molecular flexibility index (Phi) is 3.83. The average Bonchev–Trinajstić information content (AvgIpc) is 3.35. The second-order valence-electron chi connectivity index (χ2n) is 8.89. The highest BCUT2D eigenvalue weighted by Crippen LogP contribution is 2.47. The molecule has 0 aliphatic heterocycles. The zero-order valence-electron chi connectivity index (χ0n) is 15.8. The highest BCUT2D eigenvalue weighted by molar-refractivity contribution is 5.92. The Morgan fingerprint density at radius 1 is 1.42 bits per heavy atom. The van der Waals surface area contributed by atoms with E-state index in [1.165, 1.54) is 19.3 Å². The van der Waals surface area contributed by atoms with E-state index in [4.69, 9.17) is 11.6 Å². The van der Waals surface area contributed by atoms with Gasteiger partial charge in [-0.05, 0) is 62.5 Å². The van der Waals surface area contributed by atoms with Crippen molar-refractivity contribution < 1.29 is 4.79 Å². The van der Waals surface area contributed by atoms with E-state index in [1.807, 2.05) is 12.1 Å². The predicted molar refractivity (Wildman–Crippen MR) is 103 cm³/mol. The topological polar surface area (TPSA) is 51.3 Å². The molecule has 1 aromatic heterocycles. The lowest BCUT2D eigenvalue weighted by Crippen LogP contribution is -2.38. The fraction of sp³-hybridized carbons (Fsp3) is 0.571. The van der Waals surface area contributed by atoms with Crippen molar-refractivity contribution in [1.82, 2.24) is 9.55 Å². The number of hydrogen-bond donors (Lipinski definition) is 1. The van der Waals surface area contributed by atoms with E-state index in [2.05, 4.69) is 35.5 Å². The van der Waals surface area contributed by atoms with E-state index in [-0.39, 0.29) is 16.9 Å². The van der Waals surface area contributed by atoms with Gasteiger partial charge in [-0.15, -0.1) is 0 Å². The quantitative estimate of drug-likeness (QED) is 0.749. The van der Waals surface area contributed by atoms with E-state index in [0.29, 0.717) is 24.0 Å². The second-order valence-corrected chi connectivity index (χ2v) is 8.89. The summed E-state index contributed by atoms with van der Waals surface area (Å²) in [5.74, 6) is 1.32. The molecule has 0 bridgehead atoms. The molecule has 4 rings (SSSR count). The van der Waals surface area contributed by atoms with Crippen LogP contribution < -0.4 is 5.32 Å². The Balaban J connectivity index is 1.69. The van der Waals surface area contributed by atoms with Gasteiger partial charge in [0.1, 0.15) is 0 Å². The Morgan fingerprint density at radius 3 is 2.73 bits per heavy atom. The van der Waals surface area contributed by atoms with Crippen molar-refractivity contribution in [3.63, 3.8) is 0 Å². The van der Waals surface area contributed by atoms with Crippen LogP contribution in [0.4, 0.5) is 11.6 Å². The largest absolute Gasteiger partial charge is 0.305 e. The standard InChI is InChI=1S/C21H26N4O/c1-20(2,14-6-7-14)13-18(26)24-19-23-16-9-8-15(22-4)12-17(16)25(19)21(3)10-5-11-21/h8-9,12,14H,5-7,10-11,13H2,1-3H3,(H,23,24,26). The number of hydrogen-bond acceptors (Lipinski definition) is 2. The smallest absolute Gasteiger partial charge is 0.227 e. The minimum Gasteiger partial charge on any atom is -0.305 e. The monoisotopic (exact) mass is 350 g/mol. The summed E-state index contributed by atoms with van der Waals surface area (Å²) in [6, 6.07) is 5.56. The SMILES string of the molecule is [C-]#[N+]c1ccc2nc(NC(=O)CC(C)(C)C3CC3)n(C3(C)CCC3)c2c1. The summed E-state index contributed by atoms with van der Waals surface area (Å²) < 4.78 is 2.16. The van der Waals surface area contributed by atoms with Crippen LogP contribution in [0.15, 0.2) is 18.2 Å². The summed E-state index contributed by atoms with van der Waals surface area (Å²) in [5.41, 5.74) is 2.39. The number of aromatic nitrogens is 2. The number of fused-ring (bicyclic) bond motifs is 1. The number of imidazole rings is 1. The first-order valence-corrected chi connectivity index (χ1v) is 9.53. The van der Waals surface area contributed by atoms with Gasteiger partial charge in [0.05, 0.1) is 17.6 Å². The van der Waals surface area contributed by atoms with Gasteiger partial charge in [0, 0.05) is 12.0 Å². The van der Waals surface area contributed by atoms with Gasteiger partial charge in [-0.1, -0.05) is 19.9 Å². The molecule has 5 nitrogen and oxygen atoms in total. The van der Waals surface area contributed by atoms with Gasteiger partial charge in [-0.2, -0.15) is 0 Å². The number of carbonyl (C=O) groups excluding carboxylic acids is 1. The zero-order chi connectivity index (χ0) is 18.5. The lowest BCUT2D eigenvalue weighted by molar-refractivity contribution is -0.118. The van der Waals surface area contributed by atoms with Crippen LogP contribution in [0.1, 0.15) is 59.3 Å². The molecular formula is C21H26N4O. The summed E-state index contributed by atoms with van der Waals surface area (Å²) in [6.45, 7) is 13.9. The van der Waals surface area contributed by atoms with E-state index >= 15 is 0 Å². The zero-order valence-corrected chi connectivity index (χ0v) is 15.8. The molecule has 2 saturated carbocycles. The molecule has 2 aromatic rings. The third-order valence-electron chi connectivity index (χ3n) is 6.29. The Hall–Kier alpha value is -2.35. The minimum absolute atomic E-state index is 0.0341. The Labute approximate surface area is 154 Å². The minimum atomic E-state index is -0.0377. The molecule has 0 radical (unpaired) electrons. The van der Waals surface area contributed by atoms with Crippen molar-refractivity contribution in [2.24, 2.45) is 11.3 Å². The molecule has 5 heteroatoms. The molecular weight excluding hydrogens is 324 g/mol. The van der Waals surface area contributed by atoms with Gasteiger partial charge in [0.2, 0.25) is 11.9 Å². The lowest BCUT2D eigenvalue weighted by atomic mass is 9.78. The molecule has 1 amide bonds. The van der Waals surface area contributed by atoms with Crippen LogP contribution in [0.5, 0.6) is 0 Å². The molecule has 1 N–H and O–H groups in total. The molecule has 0 spiro atoms. The van der Waals surface area contributed by atoms with Gasteiger partial charge in [-0.25, -0.2) is 9.83 Å². The first-order chi connectivity index (χ1) is 12.3. The van der Waals surface area contributed by atoms with Crippen LogP contribution >= 0.6 is 0 Å². The molecule has 1 aromatic carbocycles. The normalized spacial score (nSPS) is 19.0. The maximum atomic E-state index is 12.7. The predicted octanol–water partition coefficient (Wildman–Crippen LogP) is 5.25. The molecule has 2 aliphatic rings. The third kappa shape index (κ3) is 2.88. The first-order valence-electron chi connectivity index (χ1n) is 9.53. The summed E-state index contributed by atoms with van der Waals surface area (Å²) in [5, 5.41) is 3.09. The molecule has 0 atom stereocenters. The molecule has 2 aliphatic carbocycles. The average molecular weight is 350 g/mol. The number of carbonyl (C=O) groups is 1. The van der Waals surface area contributed by atoms with Crippen molar-refractivity contribution in [2.45, 2.75) is 64.8 Å². The summed E-state index contributed by atoms with van der Waals surface area (Å²) in [7, 11) is 0. The second kappa shape index (κ2) is 5.84. The molecule has 0 saturated heterocycles. The van der Waals surface area contributed by atoms with Gasteiger partial charge in [-0.3, -0.25) is 10.1 Å². The van der Waals surface area contributed by atoms with E-state index in [1.54, 1.807) is 6.07 Å². The van der Waals surface area contributed by atoms with Crippen LogP contribution in [0.3, 0.4) is 0 Å². The van der Waals surface area contributed by atoms with Gasteiger partial charge in [0.15, 0.2) is 5.69 Å². The highest BCUT2D eigenvalue weighted by Gasteiger charge is 2.40. The molecule has 0 unspecified atom stereocenters. The number of benzene rings is 1. The summed E-state index contributed by atoms with van der Waals surface area (Å²) >= 11 is 0. The van der Waals surface area contributed by atoms with Crippen molar-refractivity contribution in [2.75, 3.05) is 5.32 Å². The van der Waals surface area contributed by atoms with Gasteiger partial charge in [0.25, 0.3) is 0 Å². The molecule has 1 heterocycles. The maximum Gasteiger partial charge on any atom is 0.227 e. The van der Waals surface area contributed by atoms with Crippen LogP contribution in [0, 0.1) is 17.9 Å². The fourth-order valence-electron chi connectivity index (χ4n) is 4.27. The number of nitrogens with one attached hydrogen (secondary N) is 1. The van der Waals surface area contributed by atoms with Gasteiger partial charge >= 0.3 is 0 Å². The van der Waals surface area contributed by atoms with Crippen molar-refractivity contribution in [1.29, 1.82) is 0 Å². The summed E-state index contributed by atoms with van der Waals surface area (Å²) in [4.78, 5) is 21.0. The van der Waals surface area contributed by atoms with Crippen molar-refractivity contribution in [3.8, 4) is 0 Å². The maximum absolute atomic E-state index is 12.7. The van der Waals surface area contributed by atoms with Crippen LogP contribution in [-0.4, -0.2) is 15.5 Å². The van der Waals surface area contributed by atoms with Crippen LogP contribution in [0.2, 0.25) is 0 Å². The summed E-state index contributed by atoms with van der Waals surface area (Å²) in [6.07, 6.45) is 6.30. The Bertz CT molecular complexity index is 910. The fourth-order valence-corrected chi connectivity index (χ4v) is 4.27. The number of nitrogens with zero attached hydrogens (tertiary/aromatic N) is 3. The van der Waals surface area contributed by atoms with Crippen molar-refractivity contribution in [3.05, 3.63) is 29.6 Å². The van der Waals surface area contributed by atoms with Crippen LogP contribution in [-0.2, 0) is 10.3 Å². The number of rotatable bonds is 5. The van der Waals surface area contributed by atoms with E-state index < -0.39 is 0 Å². The Morgan fingerprint density at radius 2 is 2.15 bits per heavy atom. The first kappa shape index (κ1) is 17.1. The third-order valence-corrected chi connectivity index (χ3v) is 6.29. The highest BCUT2D eigenvalue weighted by atomic mass is 16.1. The van der Waals surface area contributed by atoms with Crippen LogP contribution in [0.25, 0.3) is 15.9 Å². The number of amides is 1. The number of anilines is 1. The van der Waals surface area contributed by atoms with E-state index in [9.17, 15) is 4.79 Å². The molecule has 26 heavy (non-hydrogen) atoms. The van der Waals surface area contributed by atoms with Crippen molar-refractivity contribution >= 4 is 28.6 Å². The van der Waals surface area contributed by atoms with Gasteiger partial charge < -0.3 is 4.57 Å². The lowest BCUT2D eigenvalue weighted by Gasteiger charge is -2.41. The van der Waals surface area contributed by atoms with E-state index in [0.717, 1.165) is 23.9 Å². The molecule has 136 valence electrons.